The molecule has 3 rings (SSSR count). The third-order valence-electron chi connectivity index (χ3n) is 3.60. The Hall–Kier alpha value is -2.76. The number of nitrogen functional groups attached to an aromatic ring is 1. The van der Waals surface area contributed by atoms with Crippen molar-refractivity contribution in [2.45, 2.75) is 27.7 Å². The first-order valence-corrected chi connectivity index (χ1v) is 7.30. The van der Waals surface area contributed by atoms with E-state index in [-0.39, 0.29) is 11.8 Å². The van der Waals surface area contributed by atoms with Crippen molar-refractivity contribution in [2.75, 3.05) is 5.73 Å². The van der Waals surface area contributed by atoms with Crippen molar-refractivity contribution in [2.24, 2.45) is 4.99 Å². The van der Waals surface area contributed by atoms with Gasteiger partial charge in [0.05, 0.1) is 11.2 Å². The Balaban J connectivity index is 2.22. The summed E-state index contributed by atoms with van der Waals surface area (Å²) in [5.41, 5.74) is 10.9. The summed E-state index contributed by atoms with van der Waals surface area (Å²) >= 11 is 0. The second-order valence-corrected chi connectivity index (χ2v) is 5.76. The summed E-state index contributed by atoms with van der Waals surface area (Å²) in [5.74, 6) is -0.128. The number of anilines is 1. The van der Waals surface area contributed by atoms with Gasteiger partial charge in [0.2, 0.25) is 5.95 Å². The summed E-state index contributed by atoms with van der Waals surface area (Å²) in [7, 11) is 0. The highest BCUT2D eigenvalue weighted by atomic mass is 19.1. The molecule has 3 aromatic rings. The quantitative estimate of drug-likeness (QED) is 0.731. The molecule has 0 amide bonds. The zero-order valence-electron chi connectivity index (χ0n) is 13.6. The Morgan fingerprint density at radius 2 is 2.00 bits per heavy atom. The van der Waals surface area contributed by atoms with E-state index >= 15 is 0 Å². The van der Waals surface area contributed by atoms with Gasteiger partial charge < -0.3 is 5.73 Å². The van der Waals surface area contributed by atoms with Crippen LogP contribution in [0.25, 0.3) is 16.6 Å². The highest BCUT2D eigenvalue weighted by molar-refractivity contribution is 5.85. The lowest BCUT2D eigenvalue weighted by Gasteiger charge is -2.08. The van der Waals surface area contributed by atoms with E-state index in [1.165, 1.54) is 6.07 Å². The lowest BCUT2D eigenvalue weighted by molar-refractivity contribution is 0.629. The molecule has 2 N–H and O–H groups in total. The van der Waals surface area contributed by atoms with E-state index in [1.54, 1.807) is 10.7 Å². The van der Waals surface area contributed by atoms with E-state index in [1.807, 2.05) is 39.8 Å². The molecule has 0 saturated heterocycles. The number of rotatable bonds is 2. The van der Waals surface area contributed by atoms with E-state index in [2.05, 4.69) is 15.1 Å². The fourth-order valence-electron chi connectivity index (χ4n) is 2.71. The maximum atomic E-state index is 14.5. The standard InChI is InChI=1S/C17H18FN5/c1-9(2)20-15-10(3)7-12(8-14(15)18)13-5-6-23-16(13)11(4)21-17(19)22-23/h5-8H,1-4H3,(H2,19,22). The highest BCUT2D eigenvalue weighted by Crippen LogP contribution is 2.33. The lowest BCUT2D eigenvalue weighted by atomic mass is 10.0. The molecule has 2 heterocycles. The molecule has 0 fully saturated rings. The minimum absolute atomic E-state index is 0.211. The maximum Gasteiger partial charge on any atom is 0.238 e. The Morgan fingerprint density at radius 3 is 2.65 bits per heavy atom. The van der Waals surface area contributed by atoms with Gasteiger partial charge in [-0.2, -0.15) is 0 Å². The van der Waals surface area contributed by atoms with E-state index in [4.69, 9.17) is 5.73 Å². The van der Waals surface area contributed by atoms with E-state index in [9.17, 15) is 4.39 Å². The van der Waals surface area contributed by atoms with Crippen LogP contribution in [0.4, 0.5) is 16.0 Å². The monoisotopic (exact) mass is 311 g/mol. The Bertz CT molecular complexity index is 913. The summed E-state index contributed by atoms with van der Waals surface area (Å²) < 4.78 is 16.1. The predicted molar refractivity (Wildman–Crippen MR) is 90.7 cm³/mol. The van der Waals surface area contributed by atoms with Gasteiger partial charge in [-0.15, -0.1) is 5.10 Å². The summed E-state index contributed by atoms with van der Waals surface area (Å²) in [6.45, 7) is 7.41. The van der Waals surface area contributed by atoms with Crippen LogP contribution in [0.1, 0.15) is 25.1 Å². The molecule has 0 spiro atoms. The van der Waals surface area contributed by atoms with Gasteiger partial charge in [0, 0.05) is 17.5 Å². The molecule has 0 radical (unpaired) electrons. The third kappa shape index (κ3) is 2.67. The number of hydrogen-bond donors (Lipinski definition) is 1. The zero-order chi connectivity index (χ0) is 16.7. The number of nitrogens with two attached hydrogens (primary N) is 1. The molecule has 1 aromatic carbocycles. The topological polar surface area (TPSA) is 68.6 Å². The van der Waals surface area contributed by atoms with Gasteiger partial charge >= 0.3 is 0 Å². The first kappa shape index (κ1) is 15.1. The molecule has 0 saturated carbocycles. The van der Waals surface area contributed by atoms with Crippen LogP contribution in [0.2, 0.25) is 0 Å². The van der Waals surface area contributed by atoms with Crippen LogP contribution in [0.15, 0.2) is 29.4 Å². The number of aliphatic imine (C=N–C) groups is 1. The van der Waals surface area contributed by atoms with Crippen molar-refractivity contribution in [3.05, 3.63) is 41.5 Å². The van der Waals surface area contributed by atoms with Crippen molar-refractivity contribution in [1.29, 1.82) is 0 Å². The fraction of sp³-hybridized carbons (Fsp3) is 0.235. The summed E-state index contributed by atoms with van der Waals surface area (Å²) in [5, 5.41) is 4.15. The minimum Gasteiger partial charge on any atom is -0.367 e. The van der Waals surface area contributed by atoms with Gasteiger partial charge in [0.1, 0.15) is 11.5 Å². The molecule has 0 aliphatic carbocycles. The number of fused-ring (bicyclic) bond motifs is 1. The summed E-state index contributed by atoms with van der Waals surface area (Å²) in [6, 6.07) is 5.31. The van der Waals surface area contributed by atoms with Gasteiger partial charge in [0.25, 0.3) is 0 Å². The SMILES string of the molecule is CC(C)=Nc1c(C)cc(-c2ccn3nc(N)nc(C)c23)cc1F. The molecule has 0 aliphatic heterocycles. The molecule has 0 aliphatic rings. The maximum absolute atomic E-state index is 14.5. The Kier molecular flexibility index (Phi) is 3.60. The van der Waals surface area contributed by atoms with Crippen molar-refractivity contribution < 1.29 is 4.39 Å². The van der Waals surface area contributed by atoms with E-state index < -0.39 is 0 Å². The van der Waals surface area contributed by atoms with Crippen LogP contribution in [-0.4, -0.2) is 20.3 Å². The van der Waals surface area contributed by atoms with Gasteiger partial charge in [-0.25, -0.2) is 13.9 Å². The normalized spacial score (nSPS) is 11.0. The minimum atomic E-state index is -0.338. The van der Waals surface area contributed by atoms with Crippen LogP contribution < -0.4 is 5.73 Å². The Morgan fingerprint density at radius 1 is 1.26 bits per heavy atom. The second-order valence-electron chi connectivity index (χ2n) is 5.76. The predicted octanol–water partition coefficient (Wildman–Crippen LogP) is 3.85. The molecule has 23 heavy (non-hydrogen) atoms. The largest absolute Gasteiger partial charge is 0.367 e. The van der Waals surface area contributed by atoms with Crippen LogP contribution in [0.5, 0.6) is 0 Å². The van der Waals surface area contributed by atoms with Crippen LogP contribution in [0.3, 0.4) is 0 Å². The number of aryl methyl sites for hydroxylation is 2. The number of halogens is 1. The number of aromatic nitrogens is 3. The van der Waals surface area contributed by atoms with Crippen LogP contribution in [-0.2, 0) is 0 Å². The lowest BCUT2D eigenvalue weighted by Crippen LogP contribution is -2.03. The zero-order valence-corrected chi connectivity index (χ0v) is 13.6. The van der Waals surface area contributed by atoms with Crippen molar-refractivity contribution in [3.63, 3.8) is 0 Å². The van der Waals surface area contributed by atoms with Crippen molar-refractivity contribution in [1.82, 2.24) is 14.6 Å². The smallest absolute Gasteiger partial charge is 0.238 e. The molecule has 5 nitrogen and oxygen atoms in total. The fourth-order valence-corrected chi connectivity index (χ4v) is 2.71. The molecular weight excluding hydrogens is 293 g/mol. The number of nitrogens with zero attached hydrogens (tertiary/aromatic N) is 4. The van der Waals surface area contributed by atoms with Crippen molar-refractivity contribution >= 4 is 22.9 Å². The molecule has 0 bridgehead atoms. The average Bonchev–Trinajstić information content (AvgIpc) is 2.86. The first-order chi connectivity index (χ1) is 10.9. The van der Waals surface area contributed by atoms with Crippen LogP contribution in [0, 0.1) is 19.7 Å². The van der Waals surface area contributed by atoms with Crippen LogP contribution >= 0.6 is 0 Å². The number of benzene rings is 1. The highest BCUT2D eigenvalue weighted by Gasteiger charge is 2.14. The summed E-state index contributed by atoms with van der Waals surface area (Å²) in [4.78, 5) is 8.46. The van der Waals surface area contributed by atoms with E-state index in [0.717, 1.165) is 33.6 Å². The molecule has 118 valence electrons. The Labute approximate surface area is 133 Å². The molecular formula is C17H18FN5. The first-order valence-electron chi connectivity index (χ1n) is 7.30. The summed E-state index contributed by atoms with van der Waals surface area (Å²) in [6.07, 6.45) is 1.80. The molecule has 6 heteroatoms. The second kappa shape index (κ2) is 5.46. The van der Waals surface area contributed by atoms with Gasteiger partial charge in [-0.1, -0.05) is 0 Å². The number of hydrogen-bond acceptors (Lipinski definition) is 4. The third-order valence-corrected chi connectivity index (χ3v) is 3.60. The van der Waals surface area contributed by atoms with Gasteiger partial charge in [-0.05, 0) is 57.0 Å². The average molecular weight is 311 g/mol. The molecule has 0 unspecified atom stereocenters. The van der Waals surface area contributed by atoms with Gasteiger partial charge in [0.15, 0.2) is 0 Å². The molecule has 0 atom stereocenters. The molecule has 2 aromatic heterocycles. The van der Waals surface area contributed by atoms with Crippen molar-refractivity contribution in [3.8, 4) is 11.1 Å². The van der Waals surface area contributed by atoms with Gasteiger partial charge in [-0.3, -0.25) is 4.99 Å². The van der Waals surface area contributed by atoms with E-state index in [0.29, 0.717) is 5.69 Å².